The molecule has 0 aliphatic carbocycles. The zero-order valence-electron chi connectivity index (χ0n) is 12.4. The Morgan fingerprint density at radius 3 is 2.48 bits per heavy atom. The number of benzene rings is 1. The number of halogens is 1. The minimum atomic E-state index is -0.174. The van der Waals surface area contributed by atoms with Crippen molar-refractivity contribution < 1.29 is 9.90 Å². The van der Waals surface area contributed by atoms with E-state index in [1.165, 1.54) is 22.8 Å². The molecule has 23 heavy (non-hydrogen) atoms. The molecular weight excluding hydrogens is 352 g/mol. The molecule has 1 aliphatic heterocycles. The van der Waals surface area contributed by atoms with E-state index in [4.69, 9.17) is 23.8 Å². The number of aromatic nitrogens is 1. The first-order valence-corrected chi connectivity index (χ1v) is 8.40. The highest BCUT2D eigenvalue weighted by Crippen LogP contribution is 2.33. The van der Waals surface area contributed by atoms with Crippen LogP contribution in [0.4, 0.5) is 0 Å². The number of carbonyl (C=O) groups is 1. The highest BCUT2D eigenvalue weighted by Gasteiger charge is 2.34. The van der Waals surface area contributed by atoms with Crippen LogP contribution in [0.25, 0.3) is 6.08 Å². The average Bonchev–Trinajstić information content (AvgIpc) is 2.95. The van der Waals surface area contributed by atoms with E-state index in [-0.39, 0.29) is 16.7 Å². The van der Waals surface area contributed by atoms with Crippen molar-refractivity contribution in [1.29, 1.82) is 0 Å². The molecule has 4 nitrogen and oxygen atoms in total. The lowest BCUT2D eigenvalue weighted by Gasteiger charge is -2.20. The van der Waals surface area contributed by atoms with Crippen molar-refractivity contribution in [3.63, 3.8) is 0 Å². The Hall–Kier alpha value is -1.76. The number of nitrogens with zero attached hydrogens (tertiary/aromatic N) is 2. The number of aromatic hydroxyl groups is 1. The first kappa shape index (κ1) is 16.1. The first-order chi connectivity index (χ1) is 10.9. The van der Waals surface area contributed by atoms with Crippen molar-refractivity contribution in [2.75, 3.05) is 5.01 Å². The van der Waals surface area contributed by atoms with E-state index in [2.05, 4.69) is 0 Å². The van der Waals surface area contributed by atoms with E-state index in [9.17, 15) is 9.90 Å². The Bertz CT molecular complexity index is 838. The summed E-state index contributed by atoms with van der Waals surface area (Å²) in [4.78, 5) is 13.2. The zero-order valence-corrected chi connectivity index (χ0v) is 14.8. The second kappa shape index (κ2) is 6.03. The highest BCUT2D eigenvalue weighted by molar-refractivity contribution is 8.27. The van der Waals surface area contributed by atoms with Gasteiger partial charge in [-0.25, -0.2) is 0 Å². The molecule has 0 bridgehead atoms. The number of amides is 1. The normalized spacial score (nSPS) is 16.7. The standard InChI is InChI=1S/C16H13ClN2O2S2/c1-9-3-4-10(2)18(9)19-15(21)14(23-16(19)22)8-11-5-6-13(20)12(17)7-11/h3-8,20H,1-2H3/b14-8+. The third-order valence-corrected chi connectivity index (χ3v) is 5.06. The summed E-state index contributed by atoms with van der Waals surface area (Å²) in [7, 11) is 0. The van der Waals surface area contributed by atoms with Crippen LogP contribution in [0, 0.1) is 13.8 Å². The van der Waals surface area contributed by atoms with Crippen molar-refractivity contribution in [2.45, 2.75) is 13.8 Å². The Morgan fingerprint density at radius 1 is 1.22 bits per heavy atom. The van der Waals surface area contributed by atoms with Crippen LogP contribution in [0.2, 0.25) is 5.02 Å². The minimum absolute atomic E-state index is 0.00922. The molecule has 0 unspecified atom stereocenters. The average molecular weight is 365 g/mol. The molecule has 7 heteroatoms. The molecule has 3 rings (SSSR count). The van der Waals surface area contributed by atoms with Gasteiger partial charge in [0.1, 0.15) is 5.75 Å². The lowest BCUT2D eigenvalue weighted by molar-refractivity contribution is -0.114. The summed E-state index contributed by atoms with van der Waals surface area (Å²) in [5.41, 5.74) is 2.61. The van der Waals surface area contributed by atoms with E-state index >= 15 is 0 Å². The van der Waals surface area contributed by atoms with E-state index in [1.807, 2.05) is 30.7 Å². The molecule has 1 fully saturated rings. The monoisotopic (exact) mass is 364 g/mol. The first-order valence-electron chi connectivity index (χ1n) is 6.80. The summed E-state index contributed by atoms with van der Waals surface area (Å²) in [6.07, 6.45) is 1.72. The summed E-state index contributed by atoms with van der Waals surface area (Å²) in [6.45, 7) is 3.85. The highest BCUT2D eigenvalue weighted by atomic mass is 35.5. The van der Waals surface area contributed by atoms with Gasteiger partial charge >= 0.3 is 0 Å². The SMILES string of the molecule is Cc1ccc(C)n1N1C(=O)/C(=C\c2ccc(O)c(Cl)c2)SC1=S. The van der Waals surface area contributed by atoms with Crippen molar-refractivity contribution >= 4 is 51.9 Å². The molecule has 1 saturated heterocycles. The predicted molar refractivity (Wildman–Crippen MR) is 98.4 cm³/mol. The number of aryl methyl sites for hydroxylation is 2. The van der Waals surface area contributed by atoms with Crippen LogP contribution in [0.3, 0.4) is 0 Å². The largest absolute Gasteiger partial charge is 0.506 e. The summed E-state index contributed by atoms with van der Waals surface area (Å²) >= 11 is 12.5. The fourth-order valence-corrected chi connectivity index (χ4v) is 3.80. The molecule has 0 spiro atoms. The van der Waals surface area contributed by atoms with Gasteiger partial charge < -0.3 is 5.11 Å². The van der Waals surface area contributed by atoms with E-state index in [1.54, 1.807) is 18.2 Å². The van der Waals surface area contributed by atoms with Crippen molar-refractivity contribution in [3.8, 4) is 5.75 Å². The molecule has 2 aromatic rings. The Kier molecular flexibility index (Phi) is 4.23. The minimum Gasteiger partial charge on any atom is -0.506 e. The number of rotatable bonds is 2. The van der Waals surface area contributed by atoms with Gasteiger partial charge in [0, 0.05) is 11.4 Å². The quantitative estimate of drug-likeness (QED) is 0.646. The third kappa shape index (κ3) is 2.89. The topological polar surface area (TPSA) is 45.5 Å². The van der Waals surface area contributed by atoms with Gasteiger partial charge in [-0.3, -0.25) is 9.47 Å². The number of phenolic OH excluding ortho intramolecular Hbond substituents is 1. The van der Waals surface area contributed by atoms with Gasteiger partial charge in [-0.2, -0.15) is 5.01 Å². The number of thioether (sulfide) groups is 1. The van der Waals surface area contributed by atoms with Crippen LogP contribution in [0.15, 0.2) is 35.2 Å². The van der Waals surface area contributed by atoms with E-state index in [0.717, 1.165) is 17.0 Å². The molecular formula is C16H13ClN2O2S2. The van der Waals surface area contributed by atoms with Crippen LogP contribution in [0.5, 0.6) is 5.75 Å². The molecule has 0 atom stereocenters. The van der Waals surface area contributed by atoms with Crippen LogP contribution in [-0.2, 0) is 4.79 Å². The van der Waals surface area contributed by atoms with Gasteiger partial charge in [0.15, 0.2) is 4.32 Å². The van der Waals surface area contributed by atoms with Gasteiger partial charge in [-0.1, -0.05) is 29.4 Å². The van der Waals surface area contributed by atoms with Crippen molar-refractivity contribution in [3.05, 3.63) is 57.2 Å². The zero-order chi connectivity index (χ0) is 16.7. The van der Waals surface area contributed by atoms with Crippen molar-refractivity contribution in [1.82, 2.24) is 4.68 Å². The summed E-state index contributed by atoms with van der Waals surface area (Å²) in [5, 5.41) is 11.2. The van der Waals surface area contributed by atoms with Gasteiger partial charge in [-0.05, 0) is 62.0 Å². The maximum Gasteiger partial charge on any atom is 0.285 e. The molecule has 1 aliphatic rings. The lowest BCUT2D eigenvalue weighted by Crippen LogP contribution is -2.39. The smallest absolute Gasteiger partial charge is 0.285 e. The van der Waals surface area contributed by atoms with Gasteiger partial charge in [-0.15, -0.1) is 0 Å². The molecule has 1 amide bonds. The second-order valence-electron chi connectivity index (χ2n) is 5.13. The molecule has 1 aromatic carbocycles. The van der Waals surface area contributed by atoms with Crippen LogP contribution in [-0.4, -0.2) is 20.0 Å². The van der Waals surface area contributed by atoms with E-state index < -0.39 is 0 Å². The maximum absolute atomic E-state index is 12.7. The number of hydrogen-bond acceptors (Lipinski definition) is 4. The third-order valence-electron chi connectivity index (χ3n) is 3.48. The van der Waals surface area contributed by atoms with Gasteiger partial charge in [0.25, 0.3) is 5.91 Å². The van der Waals surface area contributed by atoms with Crippen LogP contribution >= 0.6 is 35.6 Å². The molecule has 0 saturated carbocycles. The fraction of sp³-hybridized carbons (Fsp3) is 0.125. The molecule has 1 N–H and O–H groups in total. The number of phenols is 1. The molecule has 118 valence electrons. The molecule has 1 aromatic heterocycles. The lowest BCUT2D eigenvalue weighted by atomic mass is 10.2. The second-order valence-corrected chi connectivity index (χ2v) is 7.22. The molecule has 0 radical (unpaired) electrons. The Morgan fingerprint density at radius 2 is 1.87 bits per heavy atom. The summed E-state index contributed by atoms with van der Waals surface area (Å²) in [5.74, 6) is -0.165. The fourth-order valence-electron chi connectivity index (χ4n) is 2.37. The Labute approximate surface area is 148 Å². The Balaban J connectivity index is 1.98. The number of thiocarbonyl (C=S) groups is 1. The van der Waals surface area contributed by atoms with E-state index in [0.29, 0.717) is 9.23 Å². The number of carbonyl (C=O) groups excluding carboxylic acids is 1. The van der Waals surface area contributed by atoms with Gasteiger partial charge in [0.05, 0.1) is 9.93 Å². The summed E-state index contributed by atoms with van der Waals surface area (Å²) < 4.78 is 2.29. The van der Waals surface area contributed by atoms with Crippen molar-refractivity contribution in [2.24, 2.45) is 0 Å². The summed E-state index contributed by atoms with van der Waals surface area (Å²) in [6, 6.07) is 8.68. The molecule has 2 heterocycles. The van der Waals surface area contributed by atoms with Crippen LogP contribution in [0.1, 0.15) is 17.0 Å². The predicted octanol–water partition coefficient (Wildman–Crippen LogP) is 4.00. The maximum atomic E-state index is 12.7. The number of hydrogen-bond donors (Lipinski definition) is 1. The van der Waals surface area contributed by atoms with Crippen LogP contribution < -0.4 is 5.01 Å². The van der Waals surface area contributed by atoms with Gasteiger partial charge in [0.2, 0.25) is 0 Å².